The van der Waals surface area contributed by atoms with Gasteiger partial charge in [-0.25, -0.2) is 8.42 Å². The Hall–Kier alpha value is -2.58. The van der Waals surface area contributed by atoms with Gasteiger partial charge in [-0.15, -0.1) is 0 Å². The molecule has 1 saturated carbocycles. The Morgan fingerprint density at radius 3 is 2.39 bits per heavy atom. The first-order valence-corrected chi connectivity index (χ1v) is 15.6. The lowest BCUT2D eigenvalue weighted by molar-refractivity contribution is -0.141. The highest BCUT2D eigenvalue weighted by molar-refractivity contribution is 7.92. The first-order chi connectivity index (χ1) is 18.0. The molecule has 1 fully saturated rings. The molecule has 7 nitrogen and oxygen atoms in total. The van der Waals surface area contributed by atoms with Crippen LogP contribution in [0.4, 0.5) is 5.69 Å². The van der Waals surface area contributed by atoms with Crippen LogP contribution in [0, 0.1) is 13.8 Å². The van der Waals surface area contributed by atoms with Gasteiger partial charge in [0.05, 0.1) is 11.9 Å². The second-order valence-corrected chi connectivity index (χ2v) is 12.5. The molecule has 0 radical (unpaired) electrons. The molecular formula is C29H40ClN3O4S. The summed E-state index contributed by atoms with van der Waals surface area (Å²) in [6.45, 7) is 6.15. The van der Waals surface area contributed by atoms with Gasteiger partial charge < -0.3 is 10.2 Å². The molecule has 1 aliphatic rings. The monoisotopic (exact) mass is 561 g/mol. The summed E-state index contributed by atoms with van der Waals surface area (Å²) >= 11 is 6.24. The number of benzene rings is 2. The highest BCUT2D eigenvalue weighted by atomic mass is 35.5. The van der Waals surface area contributed by atoms with Crippen molar-refractivity contribution in [3.8, 4) is 0 Å². The number of halogens is 1. The number of nitrogens with zero attached hydrogens (tertiary/aromatic N) is 2. The second-order valence-electron chi connectivity index (χ2n) is 10.2. The van der Waals surface area contributed by atoms with Gasteiger partial charge in [-0.2, -0.15) is 0 Å². The zero-order valence-electron chi connectivity index (χ0n) is 22.9. The Kier molecular flexibility index (Phi) is 10.6. The van der Waals surface area contributed by atoms with Crippen LogP contribution in [0.2, 0.25) is 5.02 Å². The van der Waals surface area contributed by atoms with Crippen molar-refractivity contribution in [3.05, 3.63) is 64.2 Å². The third-order valence-electron chi connectivity index (χ3n) is 7.35. The summed E-state index contributed by atoms with van der Waals surface area (Å²) < 4.78 is 26.6. The van der Waals surface area contributed by atoms with E-state index in [1.807, 2.05) is 38.1 Å². The predicted molar refractivity (Wildman–Crippen MR) is 154 cm³/mol. The first-order valence-electron chi connectivity index (χ1n) is 13.4. The summed E-state index contributed by atoms with van der Waals surface area (Å²) in [5, 5.41) is 3.64. The van der Waals surface area contributed by atoms with Crippen molar-refractivity contribution in [1.82, 2.24) is 10.2 Å². The number of carbonyl (C=O) groups is 2. The molecule has 2 aromatic carbocycles. The van der Waals surface area contributed by atoms with Gasteiger partial charge in [0.25, 0.3) is 0 Å². The number of nitrogens with one attached hydrogen (secondary N) is 1. The number of hydrogen-bond acceptors (Lipinski definition) is 4. The number of anilines is 1. The molecule has 1 atom stereocenters. The summed E-state index contributed by atoms with van der Waals surface area (Å²) in [6, 6.07) is 12.6. The molecule has 1 unspecified atom stereocenters. The highest BCUT2D eigenvalue weighted by Gasteiger charge is 2.31. The summed E-state index contributed by atoms with van der Waals surface area (Å²) in [5.74, 6) is -0.286. The first kappa shape index (κ1) is 30.0. The standard InChI is InChI=1S/C29H40ClN3O4S/c1-5-26(29(35)31-24-14-8-9-15-24)32(20-23-13-7-6-12-21(23)2)28(34)18-11-19-33(38(4,36)37)27-17-10-16-25(30)22(27)3/h6-7,10,12-13,16-17,24,26H,5,8-9,11,14-15,18-20H2,1-4H3,(H,31,35). The maximum absolute atomic E-state index is 13.6. The molecule has 0 spiro atoms. The van der Waals surface area contributed by atoms with E-state index in [-0.39, 0.29) is 30.8 Å². The van der Waals surface area contributed by atoms with Crippen LogP contribution in [0.25, 0.3) is 0 Å². The minimum absolute atomic E-state index is 0.116. The molecule has 3 rings (SSSR count). The predicted octanol–water partition coefficient (Wildman–Crippen LogP) is 5.37. The van der Waals surface area contributed by atoms with Gasteiger partial charge in [0.15, 0.2) is 0 Å². The maximum atomic E-state index is 13.6. The quantitative estimate of drug-likeness (QED) is 0.377. The number of rotatable bonds is 12. The van der Waals surface area contributed by atoms with Gasteiger partial charge in [-0.05, 0) is 68.4 Å². The molecule has 0 saturated heterocycles. The molecule has 0 aliphatic heterocycles. The molecule has 0 aromatic heterocycles. The molecule has 9 heteroatoms. The molecule has 2 amide bonds. The Morgan fingerprint density at radius 2 is 1.76 bits per heavy atom. The lowest BCUT2D eigenvalue weighted by Crippen LogP contribution is -2.51. The molecular weight excluding hydrogens is 522 g/mol. The van der Waals surface area contributed by atoms with E-state index in [0.29, 0.717) is 35.7 Å². The van der Waals surface area contributed by atoms with Gasteiger partial charge in [-0.3, -0.25) is 13.9 Å². The molecule has 2 aromatic rings. The summed E-state index contributed by atoms with van der Waals surface area (Å²) in [5.41, 5.74) is 3.21. The van der Waals surface area contributed by atoms with Crippen LogP contribution in [-0.4, -0.2) is 50.0 Å². The molecule has 1 N–H and O–H groups in total. The lowest BCUT2D eigenvalue weighted by atomic mass is 10.0. The van der Waals surface area contributed by atoms with Gasteiger partial charge >= 0.3 is 0 Å². The highest BCUT2D eigenvalue weighted by Crippen LogP contribution is 2.29. The minimum Gasteiger partial charge on any atom is -0.352 e. The lowest BCUT2D eigenvalue weighted by Gasteiger charge is -2.32. The van der Waals surface area contributed by atoms with E-state index in [0.717, 1.165) is 43.1 Å². The van der Waals surface area contributed by atoms with Crippen molar-refractivity contribution in [2.45, 2.75) is 84.3 Å². The van der Waals surface area contributed by atoms with E-state index in [4.69, 9.17) is 11.6 Å². The number of aryl methyl sites for hydroxylation is 1. The van der Waals surface area contributed by atoms with Crippen LogP contribution in [0.3, 0.4) is 0 Å². The van der Waals surface area contributed by atoms with E-state index in [1.54, 1.807) is 30.0 Å². The normalized spacial score (nSPS) is 14.8. The summed E-state index contributed by atoms with van der Waals surface area (Å²) in [7, 11) is -3.59. The zero-order chi connectivity index (χ0) is 27.9. The fraction of sp³-hybridized carbons (Fsp3) is 0.517. The van der Waals surface area contributed by atoms with Gasteiger partial charge in [0.2, 0.25) is 21.8 Å². The van der Waals surface area contributed by atoms with Crippen LogP contribution in [-0.2, 0) is 26.2 Å². The molecule has 0 bridgehead atoms. The Morgan fingerprint density at radius 1 is 1.08 bits per heavy atom. The fourth-order valence-electron chi connectivity index (χ4n) is 5.11. The average Bonchev–Trinajstić information content (AvgIpc) is 3.37. The maximum Gasteiger partial charge on any atom is 0.243 e. The minimum atomic E-state index is -3.59. The van der Waals surface area contributed by atoms with Crippen LogP contribution < -0.4 is 9.62 Å². The number of amides is 2. The molecule has 1 aliphatic carbocycles. The second kappa shape index (κ2) is 13.5. The molecule has 38 heavy (non-hydrogen) atoms. The van der Waals surface area contributed by atoms with Crippen molar-refractivity contribution >= 4 is 39.1 Å². The average molecular weight is 562 g/mol. The zero-order valence-corrected chi connectivity index (χ0v) is 24.4. The van der Waals surface area contributed by atoms with Crippen LogP contribution in [0.1, 0.15) is 68.6 Å². The van der Waals surface area contributed by atoms with E-state index < -0.39 is 16.1 Å². The van der Waals surface area contributed by atoms with E-state index in [2.05, 4.69) is 5.32 Å². The topological polar surface area (TPSA) is 86.8 Å². The summed E-state index contributed by atoms with van der Waals surface area (Å²) in [4.78, 5) is 28.6. The van der Waals surface area contributed by atoms with Crippen molar-refractivity contribution in [2.75, 3.05) is 17.1 Å². The van der Waals surface area contributed by atoms with Crippen molar-refractivity contribution in [1.29, 1.82) is 0 Å². The number of carbonyl (C=O) groups excluding carboxylic acids is 2. The summed E-state index contributed by atoms with van der Waals surface area (Å²) in [6.07, 6.45) is 6.23. The third-order valence-corrected chi connectivity index (χ3v) is 8.94. The SMILES string of the molecule is CCC(C(=O)NC1CCCC1)N(Cc1ccccc1C)C(=O)CCCN(c1cccc(Cl)c1C)S(C)(=O)=O. The van der Waals surface area contributed by atoms with Crippen molar-refractivity contribution in [3.63, 3.8) is 0 Å². The Bertz CT molecular complexity index is 1230. The van der Waals surface area contributed by atoms with Gasteiger partial charge in [-0.1, -0.05) is 61.7 Å². The van der Waals surface area contributed by atoms with E-state index >= 15 is 0 Å². The Labute approximate surface area is 232 Å². The van der Waals surface area contributed by atoms with Crippen LogP contribution >= 0.6 is 11.6 Å². The third kappa shape index (κ3) is 7.73. The number of sulfonamides is 1. The van der Waals surface area contributed by atoms with E-state index in [9.17, 15) is 18.0 Å². The van der Waals surface area contributed by atoms with Crippen LogP contribution in [0.5, 0.6) is 0 Å². The fourth-order valence-corrected chi connectivity index (χ4v) is 6.29. The van der Waals surface area contributed by atoms with Gasteiger partial charge in [0.1, 0.15) is 6.04 Å². The largest absolute Gasteiger partial charge is 0.352 e. The van der Waals surface area contributed by atoms with E-state index in [1.165, 1.54) is 4.31 Å². The Balaban J connectivity index is 1.79. The van der Waals surface area contributed by atoms with Gasteiger partial charge in [0, 0.05) is 30.6 Å². The molecule has 208 valence electrons. The smallest absolute Gasteiger partial charge is 0.243 e. The van der Waals surface area contributed by atoms with Crippen molar-refractivity contribution < 1.29 is 18.0 Å². The number of hydrogen-bond donors (Lipinski definition) is 1. The molecule has 0 heterocycles. The van der Waals surface area contributed by atoms with Crippen LogP contribution in [0.15, 0.2) is 42.5 Å². The van der Waals surface area contributed by atoms with Crippen molar-refractivity contribution in [2.24, 2.45) is 0 Å².